The molecule has 0 radical (unpaired) electrons. The summed E-state index contributed by atoms with van der Waals surface area (Å²) in [6.07, 6.45) is 2.24. The molecule has 0 saturated heterocycles. The molecule has 0 aliphatic rings. The first-order valence-corrected chi connectivity index (χ1v) is 22.6. The lowest BCUT2D eigenvalue weighted by Crippen LogP contribution is -2.10. The number of aromatic nitrogens is 3. The Bertz CT molecular complexity index is 3860. The summed E-state index contributed by atoms with van der Waals surface area (Å²) in [6, 6.07) is 90.1. The third-order valence-electron chi connectivity index (χ3n) is 13.2. The van der Waals surface area contributed by atoms with Gasteiger partial charge in [-0.15, -0.1) is 0 Å². The fourth-order valence-electron chi connectivity index (χ4n) is 10.3. The molecule has 0 fully saturated rings. The first-order valence-electron chi connectivity index (χ1n) is 22.6. The van der Waals surface area contributed by atoms with Crippen molar-refractivity contribution in [1.29, 1.82) is 0 Å². The molecule has 13 rings (SSSR count). The van der Waals surface area contributed by atoms with Gasteiger partial charge in [0.05, 0.1) is 27.6 Å². The highest BCUT2D eigenvalue weighted by molar-refractivity contribution is 6.18. The molecular formula is C62H42N4. The van der Waals surface area contributed by atoms with Gasteiger partial charge in [0.1, 0.15) is 0 Å². The number of nitrogens with zero attached hydrogens (tertiary/aromatic N) is 4. The normalized spacial score (nSPS) is 11.6. The van der Waals surface area contributed by atoms with Gasteiger partial charge in [-0.2, -0.15) is 0 Å². The molecule has 13 aromatic rings. The third-order valence-corrected chi connectivity index (χ3v) is 13.2. The first-order chi connectivity index (χ1) is 32.7. The van der Waals surface area contributed by atoms with Gasteiger partial charge in [0.15, 0.2) is 0 Å². The van der Waals surface area contributed by atoms with Gasteiger partial charge in [-0.05, 0) is 125 Å². The SMILES string of the molecule is c1ccc(-c2cc(-c3ccccc3)cc(-n3ccc4c3ccc3c5ccccc5n(-c5cccc(N(c6ccccc6)c6ccc7c(c6)c6ccccc6n7-c6ccccc6)c5)c34)c2)cc1. The smallest absolute Gasteiger partial charge is 0.0635 e. The van der Waals surface area contributed by atoms with Crippen LogP contribution in [0.1, 0.15) is 0 Å². The average Bonchev–Trinajstić information content (AvgIpc) is 4.08. The minimum atomic E-state index is 1.08. The molecule has 4 nitrogen and oxygen atoms in total. The molecule has 0 saturated carbocycles. The molecule has 0 bridgehead atoms. The van der Waals surface area contributed by atoms with E-state index in [4.69, 9.17) is 0 Å². The summed E-state index contributed by atoms with van der Waals surface area (Å²) in [5, 5.41) is 6.09. The highest BCUT2D eigenvalue weighted by atomic mass is 15.1. The van der Waals surface area contributed by atoms with Crippen LogP contribution in [0.15, 0.2) is 255 Å². The van der Waals surface area contributed by atoms with Crippen molar-refractivity contribution in [1.82, 2.24) is 13.7 Å². The quantitative estimate of drug-likeness (QED) is 0.149. The van der Waals surface area contributed by atoms with Gasteiger partial charge >= 0.3 is 0 Å². The molecule has 4 heteroatoms. The number of benzene rings is 10. The van der Waals surface area contributed by atoms with E-state index >= 15 is 0 Å². The minimum absolute atomic E-state index is 1.08. The van der Waals surface area contributed by atoms with Crippen LogP contribution in [0.25, 0.3) is 93.8 Å². The van der Waals surface area contributed by atoms with Gasteiger partial charge < -0.3 is 18.6 Å². The van der Waals surface area contributed by atoms with E-state index in [9.17, 15) is 0 Å². The highest BCUT2D eigenvalue weighted by Crippen LogP contribution is 2.43. The monoisotopic (exact) mass is 842 g/mol. The van der Waals surface area contributed by atoms with Gasteiger partial charge in [0.2, 0.25) is 0 Å². The van der Waals surface area contributed by atoms with Gasteiger partial charge in [0.25, 0.3) is 0 Å². The summed E-state index contributed by atoms with van der Waals surface area (Å²) >= 11 is 0. The molecule has 0 atom stereocenters. The van der Waals surface area contributed by atoms with Crippen LogP contribution in [0, 0.1) is 0 Å². The molecule has 3 heterocycles. The standard InChI is InChI=1S/C62H42N4/c1-5-18-43(19-6-1)45-38-46(44-20-7-2-8-21-44)40-52(39-45)63-37-36-56-58(63)35-33-55-53-28-13-16-31-60(53)66(62(55)56)50-27-17-26-49(41-50)64(47-22-9-3-10-23-47)51-32-34-61-57(42-51)54-29-14-15-30-59(54)65(61)48-24-11-4-12-25-48/h1-42H. The van der Waals surface area contributed by atoms with Crippen LogP contribution >= 0.6 is 0 Å². The molecule has 310 valence electrons. The fourth-order valence-corrected chi connectivity index (χ4v) is 10.3. The van der Waals surface area contributed by atoms with Crippen LogP contribution in [0.2, 0.25) is 0 Å². The Balaban J connectivity index is 0.996. The van der Waals surface area contributed by atoms with E-state index in [1.807, 2.05) is 0 Å². The van der Waals surface area contributed by atoms with E-state index < -0.39 is 0 Å². The Morgan fingerprint density at radius 3 is 1.48 bits per heavy atom. The van der Waals surface area contributed by atoms with Crippen molar-refractivity contribution in [2.24, 2.45) is 0 Å². The number of hydrogen-bond acceptors (Lipinski definition) is 1. The Morgan fingerprint density at radius 2 is 0.788 bits per heavy atom. The maximum Gasteiger partial charge on any atom is 0.0635 e. The lowest BCUT2D eigenvalue weighted by Gasteiger charge is -2.26. The van der Waals surface area contributed by atoms with Crippen molar-refractivity contribution in [2.75, 3.05) is 4.90 Å². The maximum atomic E-state index is 2.47. The number of para-hydroxylation sites is 4. The molecular weight excluding hydrogens is 801 g/mol. The number of hydrogen-bond donors (Lipinski definition) is 0. The zero-order chi connectivity index (χ0) is 43.6. The molecule has 0 spiro atoms. The van der Waals surface area contributed by atoms with E-state index in [-0.39, 0.29) is 0 Å². The summed E-state index contributed by atoms with van der Waals surface area (Å²) in [7, 11) is 0. The second kappa shape index (κ2) is 15.4. The number of fused-ring (bicyclic) bond motifs is 8. The fraction of sp³-hybridized carbons (Fsp3) is 0. The van der Waals surface area contributed by atoms with Crippen molar-refractivity contribution in [3.63, 3.8) is 0 Å². The Kier molecular flexibility index (Phi) is 8.81. The van der Waals surface area contributed by atoms with Gasteiger partial charge in [-0.25, -0.2) is 0 Å². The summed E-state index contributed by atoms with van der Waals surface area (Å²) in [6.45, 7) is 0. The van der Waals surface area contributed by atoms with Crippen molar-refractivity contribution in [3.05, 3.63) is 255 Å². The second-order valence-electron chi connectivity index (χ2n) is 17.0. The summed E-state index contributed by atoms with van der Waals surface area (Å²) in [4.78, 5) is 2.39. The minimum Gasteiger partial charge on any atom is -0.316 e. The predicted molar refractivity (Wildman–Crippen MR) is 278 cm³/mol. The zero-order valence-electron chi connectivity index (χ0n) is 36.0. The topological polar surface area (TPSA) is 18.0 Å². The zero-order valence-corrected chi connectivity index (χ0v) is 36.0. The van der Waals surface area contributed by atoms with Crippen LogP contribution in [0.5, 0.6) is 0 Å². The van der Waals surface area contributed by atoms with Crippen molar-refractivity contribution < 1.29 is 0 Å². The number of anilines is 3. The van der Waals surface area contributed by atoms with E-state index in [0.717, 1.165) is 39.6 Å². The molecule has 3 aromatic heterocycles. The largest absolute Gasteiger partial charge is 0.316 e. The van der Waals surface area contributed by atoms with Crippen molar-refractivity contribution >= 4 is 71.6 Å². The van der Waals surface area contributed by atoms with Crippen LogP contribution in [-0.4, -0.2) is 13.7 Å². The molecule has 10 aromatic carbocycles. The predicted octanol–water partition coefficient (Wildman–Crippen LogP) is 16.6. The van der Waals surface area contributed by atoms with Gasteiger partial charge in [0, 0.05) is 67.3 Å². The lowest BCUT2D eigenvalue weighted by molar-refractivity contribution is 1.13. The Labute approximate surface area is 382 Å². The van der Waals surface area contributed by atoms with E-state index in [1.54, 1.807) is 0 Å². The molecule has 0 N–H and O–H groups in total. The maximum absolute atomic E-state index is 2.47. The van der Waals surface area contributed by atoms with E-state index in [2.05, 4.69) is 274 Å². The molecule has 0 unspecified atom stereocenters. The molecule has 0 amide bonds. The third kappa shape index (κ3) is 6.15. The van der Waals surface area contributed by atoms with Crippen LogP contribution < -0.4 is 4.90 Å². The van der Waals surface area contributed by atoms with E-state index in [1.165, 1.54) is 71.3 Å². The first kappa shape index (κ1) is 37.7. The molecule has 0 aliphatic heterocycles. The molecule has 0 aliphatic carbocycles. The average molecular weight is 843 g/mol. The summed E-state index contributed by atoms with van der Waals surface area (Å²) in [5.41, 5.74) is 17.3. The van der Waals surface area contributed by atoms with Gasteiger partial charge in [-0.1, -0.05) is 146 Å². The van der Waals surface area contributed by atoms with Crippen LogP contribution in [0.4, 0.5) is 17.1 Å². The Hall–Kier alpha value is -8.86. The second-order valence-corrected chi connectivity index (χ2v) is 17.0. The number of rotatable bonds is 8. The highest BCUT2D eigenvalue weighted by Gasteiger charge is 2.21. The van der Waals surface area contributed by atoms with Crippen molar-refractivity contribution in [3.8, 4) is 39.3 Å². The van der Waals surface area contributed by atoms with Crippen molar-refractivity contribution in [2.45, 2.75) is 0 Å². The van der Waals surface area contributed by atoms with Crippen LogP contribution in [0.3, 0.4) is 0 Å². The van der Waals surface area contributed by atoms with Crippen LogP contribution in [-0.2, 0) is 0 Å². The lowest BCUT2D eigenvalue weighted by atomic mass is 9.98. The summed E-state index contributed by atoms with van der Waals surface area (Å²) in [5.74, 6) is 0. The van der Waals surface area contributed by atoms with E-state index in [0.29, 0.717) is 0 Å². The van der Waals surface area contributed by atoms with Gasteiger partial charge in [-0.3, -0.25) is 0 Å². The summed E-state index contributed by atoms with van der Waals surface area (Å²) < 4.78 is 7.20. The Morgan fingerprint density at radius 1 is 0.258 bits per heavy atom. The molecule has 66 heavy (non-hydrogen) atoms.